The van der Waals surface area contributed by atoms with Crippen molar-refractivity contribution in [3.63, 3.8) is 0 Å². The van der Waals surface area contributed by atoms with E-state index < -0.39 is 0 Å². The van der Waals surface area contributed by atoms with Gasteiger partial charge in [0.05, 0.1) is 13.7 Å². The molecule has 104 valence electrons. The summed E-state index contributed by atoms with van der Waals surface area (Å²) >= 11 is 0. The maximum Gasteiger partial charge on any atom is 0.126 e. The smallest absolute Gasteiger partial charge is 0.126 e. The molecule has 1 aromatic carbocycles. The van der Waals surface area contributed by atoms with Crippen LogP contribution in [0.5, 0.6) is 5.75 Å². The Morgan fingerprint density at radius 2 is 2.32 bits per heavy atom. The molecule has 1 aliphatic rings. The van der Waals surface area contributed by atoms with Gasteiger partial charge in [0, 0.05) is 25.3 Å². The lowest BCUT2D eigenvalue weighted by Crippen LogP contribution is -2.29. The summed E-state index contributed by atoms with van der Waals surface area (Å²) in [6.07, 6.45) is 6.72. The molecule has 3 heteroatoms. The van der Waals surface area contributed by atoms with Gasteiger partial charge >= 0.3 is 0 Å². The zero-order valence-corrected chi connectivity index (χ0v) is 11.6. The zero-order valence-electron chi connectivity index (χ0n) is 11.6. The Labute approximate surface area is 115 Å². The minimum absolute atomic E-state index is 0.674. The van der Waals surface area contributed by atoms with Crippen LogP contribution in [-0.2, 0) is 4.74 Å². The first-order valence-electron chi connectivity index (χ1n) is 6.98. The number of benzene rings is 1. The Balaban J connectivity index is 1.71. The van der Waals surface area contributed by atoms with Gasteiger partial charge in [-0.3, -0.25) is 0 Å². The Morgan fingerprint density at radius 3 is 3.11 bits per heavy atom. The molecular weight excluding hydrogens is 238 g/mol. The predicted octanol–water partition coefficient (Wildman–Crippen LogP) is 2.72. The number of hydrogen-bond acceptors (Lipinski definition) is 3. The normalized spacial score (nSPS) is 19.7. The fraction of sp³-hybridized carbons (Fsp3) is 0.500. The first-order valence-corrected chi connectivity index (χ1v) is 6.98. The highest BCUT2D eigenvalue weighted by atomic mass is 16.5. The van der Waals surface area contributed by atoms with Gasteiger partial charge in [-0.2, -0.15) is 0 Å². The summed E-state index contributed by atoms with van der Waals surface area (Å²) in [5.74, 6) is 1.59. The fourth-order valence-electron chi connectivity index (χ4n) is 2.33. The van der Waals surface area contributed by atoms with E-state index in [1.54, 1.807) is 7.11 Å². The quantitative estimate of drug-likeness (QED) is 0.799. The number of rotatable bonds is 6. The average molecular weight is 261 g/mol. The van der Waals surface area contributed by atoms with Gasteiger partial charge in [0.1, 0.15) is 5.75 Å². The van der Waals surface area contributed by atoms with Gasteiger partial charge < -0.3 is 14.8 Å². The summed E-state index contributed by atoms with van der Waals surface area (Å²) in [5.41, 5.74) is 1.12. The zero-order chi connectivity index (χ0) is 13.3. The van der Waals surface area contributed by atoms with Crippen LogP contribution >= 0.6 is 0 Å². The highest BCUT2D eigenvalue weighted by molar-refractivity contribution is 5.57. The largest absolute Gasteiger partial charge is 0.496 e. The van der Waals surface area contributed by atoms with Gasteiger partial charge in [0.2, 0.25) is 0 Å². The molecule has 0 radical (unpaired) electrons. The second-order valence-corrected chi connectivity index (χ2v) is 4.89. The van der Waals surface area contributed by atoms with Gasteiger partial charge in [0.15, 0.2) is 0 Å². The minimum atomic E-state index is 0.674. The van der Waals surface area contributed by atoms with Gasteiger partial charge in [-0.1, -0.05) is 30.4 Å². The summed E-state index contributed by atoms with van der Waals surface area (Å²) in [4.78, 5) is 0. The molecule has 1 fully saturated rings. The number of methoxy groups -OCH3 is 1. The first kappa shape index (κ1) is 14.1. The van der Waals surface area contributed by atoms with Crippen molar-refractivity contribution in [1.82, 2.24) is 5.32 Å². The third kappa shape index (κ3) is 4.69. The van der Waals surface area contributed by atoms with Gasteiger partial charge in [-0.15, -0.1) is 0 Å². The van der Waals surface area contributed by atoms with Crippen molar-refractivity contribution in [1.29, 1.82) is 0 Å². The summed E-state index contributed by atoms with van der Waals surface area (Å²) in [6.45, 7) is 3.76. The summed E-state index contributed by atoms with van der Waals surface area (Å²) in [7, 11) is 1.70. The lowest BCUT2D eigenvalue weighted by Gasteiger charge is -2.21. The van der Waals surface area contributed by atoms with Crippen LogP contribution in [0.1, 0.15) is 18.4 Å². The van der Waals surface area contributed by atoms with Crippen LogP contribution in [0.3, 0.4) is 0 Å². The van der Waals surface area contributed by atoms with Crippen LogP contribution in [-0.4, -0.2) is 33.4 Å². The Morgan fingerprint density at radius 1 is 1.42 bits per heavy atom. The van der Waals surface area contributed by atoms with E-state index in [1.165, 1.54) is 12.8 Å². The van der Waals surface area contributed by atoms with Crippen molar-refractivity contribution in [3.8, 4) is 5.75 Å². The molecule has 0 amide bonds. The molecule has 2 rings (SSSR count). The monoisotopic (exact) mass is 261 g/mol. The van der Waals surface area contributed by atoms with E-state index in [0.29, 0.717) is 5.92 Å². The third-order valence-corrected chi connectivity index (χ3v) is 3.39. The van der Waals surface area contributed by atoms with Gasteiger partial charge in [-0.25, -0.2) is 0 Å². The van der Waals surface area contributed by atoms with E-state index >= 15 is 0 Å². The molecule has 1 aliphatic heterocycles. The minimum Gasteiger partial charge on any atom is -0.496 e. The summed E-state index contributed by atoms with van der Waals surface area (Å²) < 4.78 is 10.8. The molecule has 19 heavy (non-hydrogen) atoms. The van der Waals surface area contributed by atoms with E-state index in [0.717, 1.165) is 37.6 Å². The van der Waals surface area contributed by atoms with Crippen molar-refractivity contribution in [3.05, 3.63) is 35.9 Å². The second-order valence-electron chi connectivity index (χ2n) is 4.89. The van der Waals surface area contributed by atoms with Crippen molar-refractivity contribution < 1.29 is 9.47 Å². The standard InChI is InChI=1S/C16H23NO2/c1-18-16-9-3-2-7-15(16)8-4-10-17-12-14-6-5-11-19-13-14/h2-4,7-9,14,17H,5-6,10-13H2,1H3/b8-4+. The fourth-order valence-corrected chi connectivity index (χ4v) is 2.33. The predicted molar refractivity (Wildman–Crippen MR) is 78.4 cm³/mol. The molecule has 1 atom stereocenters. The number of para-hydroxylation sites is 1. The third-order valence-electron chi connectivity index (χ3n) is 3.39. The van der Waals surface area contributed by atoms with E-state index in [1.807, 2.05) is 18.2 Å². The van der Waals surface area contributed by atoms with Crippen molar-refractivity contribution in [2.24, 2.45) is 5.92 Å². The van der Waals surface area contributed by atoms with Crippen molar-refractivity contribution in [2.75, 3.05) is 33.4 Å². The summed E-state index contributed by atoms with van der Waals surface area (Å²) in [6, 6.07) is 8.04. The van der Waals surface area contributed by atoms with Crippen LogP contribution in [0.25, 0.3) is 6.08 Å². The second kappa shape index (κ2) is 7.97. The lowest BCUT2D eigenvalue weighted by molar-refractivity contribution is 0.0552. The maximum atomic E-state index is 5.46. The van der Waals surface area contributed by atoms with Crippen molar-refractivity contribution in [2.45, 2.75) is 12.8 Å². The molecule has 1 N–H and O–H groups in total. The summed E-state index contributed by atoms with van der Waals surface area (Å²) in [5, 5.41) is 3.46. The number of hydrogen-bond donors (Lipinski definition) is 1. The maximum absolute atomic E-state index is 5.46. The van der Waals surface area contributed by atoms with Crippen LogP contribution in [0, 0.1) is 5.92 Å². The molecule has 1 saturated heterocycles. The Hall–Kier alpha value is -1.32. The molecule has 1 unspecified atom stereocenters. The van der Waals surface area contributed by atoms with Gasteiger partial charge in [-0.05, 0) is 24.8 Å². The lowest BCUT2D eigenvalue weighted by atomic mass is 10.0. The SMILES string of the molecule is COc1ccccc1/C=C/CNCC1CCCOC1. The van der Waals surface area contributed by atoms with E-state index in [-0.39, 0.29) is 0 Å². The molecule has 1 aromatic rings. The van der Waals surface area contributed by atoms with E-state index in [9.17, 15) is 0 Å². The molecule has 0 spiro atoms. The highest BCUT2D eigenvalue weighted by Gasteiger charge is 2.12. The van der Waals surface area contributed by atoms with Crippen LogP contribution < -0.4 is 10.1 Å². The van der Waals surface area contributed by atoms with Crippen LogP contribution in [0.15, 0.2) is 30.3 Å². The van der Waals surface area contributed by atoms with E-state index in [4.69, 9.17) is 9.47 Å². The average Bonchev–Trinajstić information content (AvgIpc) is 2.48. The first-order chi connectivity index (χ1) is 9.40. The molecular formula is C16H23NO2. The topological polar surface area (TPSA) is 30.5 Å². The van der Waals surface area contributed by atoms with E-state index in [2.05, 4.69) is 23.5 Å². The molecule has 0 saturated carbocycles. The molecule has 0 bridgehead atoms. The Kier molecular flexibility index (Phi) is 5.92. The number of ether oxygens (including phenoxy) is 2. The van der Waals surface area contributed by atoms with Crippen molar-refractivity contribution >= 4 is 6.08 Å². The molecule has 3 nitrogen and oxygen atoms in total. The molecule has 0 aromatic heterocycles. The number of nitrogens with one attached hydrogen (secondary N) is 1. The Bertz CT molecular complexity index is 397. The molecule has 1 heterocycles. The van der Waals surface area contributed by atoms with Gasteiger partial charge in [0.25, 0.3) is 0 Å². The van der Waals surface area contributed by atoms with Crippen LogP contribution in [0.4, 0.5) is 0 Å². The van der Waals surface area contributed by atoms with Crippen LogP contribution in [0.2, 0.25) is 0 Å². The highest BCUT2D eigenvalue weighted by Crippen LogP contribution is 2.18. The molecule has 0 aliphatic carbocycles.